The lowest BCUT2D eigenvalue weighted by atomic mass is 10.3. The second-order valence-corrected chi connectivity index (χ2v) is 5.50. The lowest BCUT2D eigenvalue weighted by molar-refractivity contribution is 0.205. The maximum atomic E-state index is 10.9. The van der Waals surface area contributed by atoms with Crippen molar-refractivity contribution in [3.63, 3.8) is 0 Å². The summed E-state index contributed by atoms with van der Waals surface area (Å²) in [6, 6.07) is 0. The van der Waals surface area contributed by atoms with Crippen molar-refractivity contribution in [1.82, 2.24) is 0 Å². The van der Waals surface area contributed by atoms with Crippen LogP contribution in [0.5, 0.6) is 0 Å². The summed E-state index contributed by atoms with van der Waals surface area (Å²) in [7, 11) is -3.01. The van der Waals surface area contributed by atoms with E-state index in [1.54, 1.807) is 0 Å². The predicted octanol–water partition coefficient (Wildman–Crippen LogP) is -1.22. The Morgan fingerprint density at radius 2 is 1.64 bits per heavy atom. The predicted molar refractivity (Wildman–Crippen MR) is 36.5 cm³/mol. The molecule has 0 N–H and O–H groups in total. The first kappa shape index (κ1) is 7.66. The van der Waals surface area contributed by atoms with Crippen LogP contribution in [0.4, 0.5) is 0 Å². The number of rotatable bonds is 0. The molecule has 7 heteroatoms. The highest BCUT2D eigenvalue weighted by atomic mass is 32.2. The fourth-order valence-corrected chi connectivity index (χ4v) is 3.90. The number of hydrogen-bond acceptors (Lipinski definition) is 5. The van der Waals surface area contributed by atoms with Gasteiger partial charge >= 0.3 is 11.4 Å². The fraction of sp³-hybridized carbons (Fsp3) is 1.00. The standard InChI is InChI=1S/C4H6O5S2/c5-10-8-3-1-11(6,7)2-4(3)9-10/h3-4H,1-2H2. The normalized spacial score (nSPS) is 47.5. The lowest BCUT2D eigenvalue weighted by Crippen LogP contribution is -2.18. The molecular formula is C4H6O5S2. The molecule has 0 amide bonds. The van der Waals surface area contributed by atoms with Crippen molar-refractivity contribution in [2.45, 2.75) is 12.2 Å². The van der Waals surface area contributed by atoms with Gasteiger partial charge in [0.05, 0.1) is 11.5 Å². The van der Waals surface area contributed by atoms with Gasteiger partial charge in [0.2, 0.25) is 0 Å². The van der Waals surface area contributed by atoms with Gasteiger partial charge in [-0.05, 0) is 0 Å². The quantitative estimate of drug-likeness (QED) is 0.488. The van der Waals surface area contributed by atoms with Crippen molar-refractivity contribution >= 4 is 21.2 Å². The van der Waals surface area contributed by atoms with Crippen LogP contribution in [0.1, 0.15) is 0 Å². The minimum Gasteiger partial charge on any atom is -0.261 e. The number of fused-ring (bicyclic) bond motifs is 1. The number of hydrogen-bond donors (Lipinski definition) is 0. The molecule has 2 fully saturated rings. The summed E-state index contributed by atoms with van der Waals surface area (Å²) >= 11 is -1.73. The Morgan fingerprint density at radius 3 is 2.09 bits per heavy atom. The van der Waals surface area contributed by atoms with E-state index in [0.29, 0.717) is 0 Å². The monoisotopic (exact) mass is 198 g/mol. The van der Waals surface area contributed by atoms with Crippen LogP contribution in [0.15, 0.2) is 0 Å². The summed E-state index contributed by atoms with van der Waals surface area (Å²) in [6.07, 6.45) is -1.03. The summed E-state index contributed by atoms with van der Waals surface area (Å²) in [5.74, 6) is -0.132. The van der Waals surface area contributed by atoms with Gasteiger partial charge in [0.1, 0.15) is 12.2 Å². The van der Waals surface area contributed by atoms with Crippen LogP contribution in [0.2, 0.25) is 0 Å². The Labute approximate surface area is 66.5 Å². The third-order valence-electron chi connectivity index (χ3n) is 1.66. The van der Waals surface area contributed by atoms with Crippen molar-refractivity contribution in [3.05, 3.63) is 0 Å². The largest absolute Gasteiger partial charge is 0.305 e. The van der Waals surface area contributed by atoms with Crippen LogP contribution >= 0.6 is 0 Å². The Hall–Kier alpha value is 0.0200. The molecule has 2 aliphatic rings. The molecule has 2 heterocycles. The van der Waals surface area contributed by atoms with Gasteiger partial charge in [0, 0.05) is 0 Å². The minimum absolute atomic E-state index is 0.0661. The SMILES string of the molecule is O=S1OC2CS(=O)(=O)CC2O1. The zero-order chi connectivity index (χ0) is 8.06. The first-order chi connectivity index (χ1) is 5.07. The van der Waals surface area contributed by atoms with E-state index in [4.69, 9.17) is 8.37 Å². The van der Waals surface area contributed by atoms with Gasteiger partial charge in [0.25, 0.3) is 0 Å². The van der Waals surface area contributed by atoms with E-state index in [1.165, 1.54) is 0 Å². The molecule has 0 aromatic heterocycles. The van der Waals surface area contributed by atoms with Crippen LogP contribution in [0.3, 0.4) is 0 Å². The van der Waals surface area contributed by atoms with Crippen molar-refractivity contribution in [3.8, 4) is 0 Å². The summed E-state index contributed by atoms with van der Waals surface area (Å²) in [5.41, 5.74) is 0. The molecular weight excluding hydrogens is 192 g/mol. The van der Waals surface area contributed by atoms with Crippen LogP contribution in [-0.2, 0) is 29.6 Å². The first-order valence-electron chi connectivity index (χ1n) is 3.03. The summed E-state index contributed by atoms with van der Waals surface area (Å²) in [6.45, 7) is 0. The molecule has 0 spiro atoms. The van der Waals surface area contributed by atoms with Gasteiger partial charge in [-0.25, -0.2) is 8.42 Å². The molecule has 0 saturated carbocycles. The molecule has 0 aromatic carbocycles. The van der Waals surface area contributed by atoms with Crippen molar-refractivity contribution in [1.29, 1.82) is 0 Å². The lowest BCUT2D eigenvalue weighted by Gasteiger charge is -1.96. The van der Waals surface area contributed by atoms with E-state index in [9.17, 15) is 12.6 Å². The third-order valence-corrected chi connectivity index (χ3v) is 4.14. The van der Waals surface area contributed by atoms with Crippen molar-refractivity contribution < 1.29 is 21.0 Å². The molecule has 2 aliphatic heterocycles. The molecule has 5 nitrogen and oxygen atoms in total. The Kier molecular flexibility index (Phi) is 1.57. The topological polar surface area (TPSA) is 69.7 Å². The van der Waals surface area contributed by atoms with Crippen molar-refractivity contribution in [2.24, 2.45) is 0 Å². The zero-order valence-electron chi connectivity index (χ0n) is 5.43. The number of sulfone groups is 1. The molecule has 2 saturated heterocycles. The van der Waals surface area contributed by atoms with E-state index < -0.39 is 33.4 Å². The average molecular weight is 198 g/mol. The molecule has 2 atom stereocenters. The molecule has 0 aliphatic carbocycles. The Balaban J connectivity index is 2.22. The van der Waals surface area contributed by atoms with Gasteiger partial charge in [-0.1, -0.05) is 0 Å². The van der Waals surface area contributed by atoms with Gasteiger partial charge in [-0.3, -0.25) is 8.37 Å². The average Bonchev–Trinajstić information content (AvgIpc) is 2.17. The summed E-state index contributed by atoms with van der Waals surface area (Å²) < 4.78 is 41.7. The molecule has 64 valence electrons. The van der Waals surface area contributed by atoms with Crippen LogP contribution in [-0.4, -0.2) is 36.3 Å². The molecule has 0 radical (unpaired) electrons. The maximum Gasteiger partial charge on any atom is 0.305 e. The zero-order valence-corrected chi connectivity index (χ0v) is 7.06. The summed E-state index contributed by atoms with van der Waals surface area (Å²) in [5, 5.41) is 0. The fourth-order valence-electron chi connectivity index (χ4n) is 1.19. The van der Waals surface area contributed by atoms with Crippen LogP contribution in [0, 0.1) is 0 Å². The Bertz CT molecular complexity index is 272. The highest BCUT2D eigenvalue weighted by molar-refractivity contribution is 7.91. The van der Waals surface area contributed by atoms with Gasteiger partial charge in [-0.15, -0.1) is 0 Å². The van der Waals surface area contributed by atoms with E-state index >= 15 is 0 Å². The molecule has 2 unspecified atom stereocenters. The maximum absolute atomic E-state index is 10.9. The Morgan fingerprint density at radius 1 is 1.18 bits per heavy atom. The van der Waals surface area contributed by atoms with Gasteiger partial charge < -0.3 is 0 Å². The molecule has 0 aromatic rings. The van der Waals surface area contributed by atoms with Gasteiger partial charge in [-0.2, -0.15) is 4.21 Å². The molecule has 2 rings (SSSR count). The highest BCUT2D eigenvalue weighted by Gasteiger charge is 2.46. The minimum atomic E-state index is -3.01. The van der Waals surface area contributed by atoms with E-state index in [2.05, 4.69) is 0 Å². The van der Waals surface area contributed by atoms with E-state index in [-0.39, 0.29) is 11.5 Å². The smallest absolute Gasteiger partial charge is 0.261 e. The van der Waals surface area contributed by atoms with E-state index in [1.807, 2.05) is 0 Å². The van der Waals surface area contributed by atoms with Crippen LogP contribution < -0.4 is 0 Å². The van der Waals surface area contributed by atoms with Crippen LogP contribution in [0.25, 0.3) is 0 Å². The van der Waals surface area contributed by atoms with Gasteiger partial charge in [0.15, 0.2) is 9.84 Å². The highest BCUT2D eigenvalue weighted by Crippen LogP contribution is 2.26. The molecule has 0 bridgehead atoms. The van der Waals surface area contributed by atoms with Crippen molar-refractivity contribution in [2.75, 3.05) is 11.5 Å². The third kappa shape index (κ3) is 1.33. The second-order valence-electron chi connectivity index (χ2n) is 2.55. The van der Waals surface area contributed by atoms with E-state index in [0.717, 1.165) is 0 Å². The second kappa shape index (κ2) is 2.25. The first-order valence-corrected chi connectivity index (χ1v) is 5.85. The summed E-state index contributed by atoms with van der Waals surface area (Å²) in [4.78, 5) is 0. The molecule has 11 heavy (non-hydrogen) atoms.